The Labute approximate surface area is 221 Å². The van der Waals surface area contributed by atoms with Crippen molar-refractivity contribution in [3.05, 3.63) is 66.5 Å². The highest BCUT2D eigenvalue weighted by Crippen LogP contribution is 2.37. The minimum Gasteiger partial charge on any atom is -0.493 e. The molecule has 10 heteroatoms. The molecule has 0 unspecified atom stereocenters. The van der Waals surface area contributed by atoms with E-state index in [4.69, 9.17) is 9.47 Å². The predicted octanol–water partition coefficient (Wildman–Crippen LogP) is 4.56. The molecule has 5 rings (SSSR count). The summed E-state index contributed by atoms with van der Waals surface area (Å²) in [7, 11) is 3.85. The number of aromatic amines is 2. The van der Waals surface area contributed by atoms with Crippen molar-refractivity contribution in [1.29, 1.82) is 0 Å². The van der Waals surface area contributed by atoms with Crippen LogP contribution in [0.1, 0.15) is 29.9 Å². The van der Waals surface area contributed by atoms with Gasteiger partial charge in [0.1, 0.15) is 11.4 Å². The largest absolute Gasteiger partial charge is 0.493 e. The molecule has 1 amide bonds. The highest BCUT2D eigenvalue weighted by atomic mass is 16.5. The monoisotopic (exact) mass is 514 g/mol. The van der Waals surface area contributed by atoms with Crippen LogP contribution < -0.4 is 25.1 Å². The van der Waals surface area contributed by atoms with Gasteiger partial charge in [-0.2, -0.15) is 0 Å². The number of likely N-dealkylation sites (tertiary alicyclic amines) is 1. The van der Waals surface area contributed by atoms with E-state index < -0.39 is 0 Å². The second kappa shape index (κ2) is 10.9. The van der Waals surface area contributed by atoms with Crippen LogP contribution in [0.15, 0.2) is 55.4 Å². The van der Waals surface area contributed by atoms with Crippen LogP contribution in [0.2, 0.25) is 0 Å². The number of carbonyl (C=O) groups excluding carboxylic acids is 1. The highest BCUT2D eigenvalue weighted by molar-refractivity contribution is 5.98. The van der Waals surface area contributed by atoms with Gasteiger partial charge in [0.15, 0.2) is 11.3 Å². The average Bonchev–Trinajstić information content (AvgIpc) is 3.39. The Morgan fingerprint density at radius 2 is 2.08 bits per heavy atom. The molecule has 0 saturated carbocycles. The normalized spacial score (nSPS) is 14.3. The fraction of sp³-hybridized carbons (Fsp3) is 0.286. The highest BCUT2D eigenvalue weighted by Gasteiger charge is 2.24. The number of hydrogen-bond acceptors (Lipinski definition) is 7. The summed E-state index contributed by atoms with van der Waals surface area (Å²) in [4.78, 5) is 29.3. The third-order valence-corrected chi connectivity index (χ3v) is 6.80. The van der Waals surface area contributed by atoms with Crippen LogP contribution in [0.4, 0.5) is 17.3 Å². The molecule has 4 aromatic rings. The van der Waals surface area contributed by atoms with Crippen molar-refractivity contribution in [3.63, 3.8) is 0 Å². The molecule has 10 nitrogen and oxygen atoms in total. The van der Waals surface area contributed by atoms with E-state index in [-0.39, 0.29) is 5.91 Å². The number of amides is 1. The van der Waals surface area contributed by atoms with Crippen molar-refractivity contribution in [2.24, 2.45) is 0 Å². The molecule has 0 bridgehead atoms. The van der Waals surface area contributed by atoms with Gasteiger partial charge >= 0.3 is 5.95 Å². The third kappa shape index (κ3) is 5.45. The predicted molar refractivity (Wildman–Crippen MR) is 146 cm³/mol. The van der Waals surface area contributed by atoms with E-state index in [1.807, 2.05) is 0 Å². The van der Waals surface area contributed by atoms with E-state index in [1.54, 1.807) is 37.7 Å². The van der Waals surface area contributed by atoms with Gasteiger partial charge in [-0.15, -0.1) is 0 Å². The van der Waals surface area contributed by atoms with Crippen LogP contribution >= 0.6 is 0 Å². The number of carbonyl (C=O) groups is 1. The summed E-state index contributed by atoms with van der Waals surface area (Å²) in [5.74, 6) is 2.35. The average molecular weight is 515 g/mol. The van der Waals surface area contributed by atoms with Gasteiger partial charge in [0.05, 0.1) is 13.4 Å². The lowest BCUT2D eigenvalue weighted by Gasteiger charge is -2.30. The number of hydrogen-bond donors (Lipinski definition) is 3. The number of piperidine rings is 1. The molecule has 38 heavy (non-hydrogen) atoms. The SMILES string of the molecule is C=CC(=O)Nc1cccc(Oc2[nH+]c(Nc3cc(C)c(C4CCN(C)CC4)cc3OC)nc3nc[nH]c23)c1. The van der Waals surface area contributed by atoms with E-state index in [0.29, 0.717) is 40.3 Å². The smallest absolute Gasteiger partial charge is 0.399 e. The molecule has 1 saturated heterocycles. The van der Waals surface area contributed by atoms with Crippen LogP contribution in [-0.2, 0) is 4.79 Å². The lowest BCUT2D eigenvalue weighted by molar-refractivity contribution is -0.375. The van der Waals surface area contributed by atoms with Gasteiger partial charge in [-0.25, -0.2) is 15.3 Å². The molecule has 0 radical (unpaired) electrons. The zero-order valence-corrected chi connectivity index (χ0v) is 21.8. The Bertz CT molecular complexity index is 1470. The molecule has 2 aromatic heterocycles. The van der Waals surface area contributed by atoms with E-state index >= 15 is 0 Å². The van der Waals surface area contributed by atoms with Crippen LogP contribution in [0, 0.1) is 6.92 Å². The number of fused-ring (bicyclic) bond motifs is 1. The maximum Gasteiger partial charge on any atom is 0.399 e. The first-order valence-electron chi connectivity index (χ1n) is 12.6. The molecular weight excluding hydrogens is 482 g/mol. The van der Waals surface area contributed by atoms with Gasteiger partial charge in [-0.05, 0) is 92.3 Å². The molecule has 2 aromatic carbocycles. The molecule has 4 N–H and O–H groups in total. The van der Waals surface area contributed by atoms with Crippen molar-refractivity contribution in [1.82, 2.24) is 19.9 Å². The van der Waals surface area contributed by atoms with Crippen molar-refractivity contribution >= 4 is 34.4 Å². The molecule has 1 fully saturated rings. The number of methoxy groups -OCH3 is 1. The molecule has 0 atom stereocenters. The van der Waals surface area contributed by atoms with Crippen molar-refractivity contribution in [2.75, 3.05) is 37.9 Å². The standard InChI is InChI=1S/C28H31N7O3/c1-5-24(36)31-19-7-6-8-20(14-19)38-27-25-26(30-16-29-25)33-28(34-27)32-22-13-17(2)21(15-23(22)37-4)18-9-11-35(3)12-10-18/h5-8,13-16,18H,1,9-12H2,2-4H3,(H,31,36)(H2,29,30,32,33,34)/p+1. The number of imidazole rings is 1. The topological polar surface area (TPSA) is 119 Å². The molecule has 0 aliphatic carbocycles. The molecule has 1 aliphatic heterocycles. The van der Waals surface area contributed by atoms with E-state index in [9.17, 15) is 4.79 Å². The second-order valence-corrected chi connectivity index (χ2v) is 9.45. The van der Waals surface area contributed by atoms with Crippen LogP contribution in [0.3, 0.4) is 0 Å². The lowest BCUT2D eigenvalue weighted by Crippen LogP contribution is -2.29. The Morgan fingerprint density at radius 3 is 2.84 bits per heavy atom. The van der Waals surface area contributed by atoms with E-state index in [1.165, 1.54) is 17.2 Å². The first-order valence-corrected chi connectivity index (χ1v) is 12.6. The molecule has 196 valence electrons. The van der Waals surface area contributed by atoms with Gasteiger partial charge in [0.25, 0.3) is 11.5 Å². The summed E-state index contributed by atoms with van der Waals surface area (Å²) in [6.07, 6.45) is 5.05. The summed E-state index contributed by atoms with van der Waals surface area (Å²) in [5, 5.41) is 6.09. The van der Waals surface area contributed by atoms with Crippen molar-refractivity contribution in [2.45, 2.75) is 25.7 Å². The summed E-state index contributed by atoms with van der Waals surface area (Å²) in [5.41, 5.74) is 5.00. The number of aromatic nitrogens is 4. The van der Waals surface area contributed by atoms with Crippen LogP contribution in [-0.4, -0.2) is 53.0 Å². The third-order valence-electron chi connectivity index (χ3n) is 6.80. The number of nitrogens with zero attached hydrogens (tertiary/aromatic N) is 3. The maximum absolute atomic E-state index is 11.7. The van der Waals surface area contributed by atoms with E-state index in [0.717, 1.165) is 37.4 Å². The zero-order chi connectivity index (χ0) is 26.6. The van der Waals surface area contributed by atoms with E-state index in [2.05, 4.69) is 68.2 Å². The number of H-pyrrole nitrogens is 2. The van der Waals surface area contributed by atoms with Crippen molar-refractivity contribution in [3.8, 4) is 17.4 Å². The molecular formula is C28H32N7O3+. The van der Waals surface area contributed by atoms with Gasteiger partial charge in [0.2, 0.25) is 5.91 Å². The fourth-order valence-corrected chi connectivity index (χ4v) is 4.78. The zero-order valence-electron chi connectivity index (χ0n) is 21.8. The van der Waals surface area contributed by atoms with Crippen molar-refractivity contribution < 1.29 is 19.3 Å². The van der Waals surface area contributed by atoms with Gasteiger partial charge in [-0.3, -0.25) is 4.79 Å². The Morgan fingerprint density at radius 1 is 1.26 bits per heavy atom. The van der Waals surface area contributed by atoms with Gasteiger partial charge < -0.3 is 24.7 Å². The fourth-order valence-electron chi connectivity index (χ4n) is 4.78. The number of rotatable bonds is 8. The second-order valence-electron chi connectivity index (χ2n) is 9.45. The van der Waals surface area contributed by atoms with Crippen LogP contribution in [0.25, 0.3) is 11.2 Å². The Balaban J connectivity index is 1.43. The first-order chi connectivity index (χ1) is 18.4. The summed E-state index contributed by atoms with van der Waals surface area (Å²) in [6.45, 7) is 7.82. The lowest BCUT2D eigenvalue weighted by atomic mass is 9.86. The molecule has 1 aliphatic rings. The Hall–Kier alpha value is -4.44. The molecule has 3 heterocycles. The molecule has 0 spiro atoms. The Kier molecular flexibility index (Phi) is 7.23. The summed E-state index contributed by atoms with van der Waals surface area (Å²) < 4.78 is 11.9. The summed E-state index contributed by atoms with van der Waals surface area (Å²) in [6, 6.07) is 11.3. The number of aryl methyl sites for hydroxylation is 1. The summed E-state index contributed by atoms with van der Waals surface area (Å²) >= 11 is 0. The number of ether oxygens (including phenoxy) is 2. The number of anilines is 3. The van der Waals surface area contributed by atoms with Gasteiger partial charge in [-0.1, -0.05) is 12.6 Å². The number of nitrogens with one attached hydrogen (secondary N) is 4. The van der Waals surface area contributed by atoms with Crippen LogP contribution in [0.5, 0.6) is 17.4 Å². The first kappa shape index (κ1) is 25.2. The minimum absolute atomic E-state index is 0.300. The maximum atomic E-state index is 11.7. The quantitative estimate of drug-likeness (QED) is 0.295. The minimum atomic E-state index is -0.300. The number of benzene rings is 2. The van der Waals surface area contributed by atoms with Gasteiger partial charge in [0, 0.05) is 11.8 Å².